The van der Waals surface area contributed by atoms with Gasteiger partial charge in [0.25, 0.3) is 0 Å². The van der Waals surface area contributed by atoms with Gasteiger partial charge in [0.2, 0.25) is 0 Å². The quantitative estimate of drug-likeness (QED) is 0.692. The molecule has 0 aliphatic carbocycles. The molecule has 70 valence electrons. The van der Waals surface area contributed by atoms with Crippen LogP contribution in [-0.2, 0) is 0 Å². The van der Waals surface area contributed by atoms with E-state index in [0.29, 0.717) is 5.52 Å². The van der Waals surface area contributed by atoms with E-state index in [9.17, 15) is 5.11 Å². The van der Waals surface area contributed by atoms with Crippen LogP contribution in [0.1, 0.15) is 5.56 Å². The summed E-state index contributed by atoms with van der Waals surface area (Å²) in [6, 6.07) is 7.21. The topological polar surface area (TPSA) is 45.5 Å². The maximum atomic E-state index is 9.56. The van der Waals surface area contributed by atoms with E-state index in [4.69, 9.17) is 0 Å². The number of aromatic nitrogens is 1. The van der Waals surface area contributed by atoms with Gasteiger partial charge in [0.15, 0.2) is 0 Å². The maximum Gasteiger partial charge on any atom is 0.141 e. The number of rotatable bonds is 1. The van der Waals surface area contributed by atoms with Gasteiger partial charge in [0, 0.05) is 30.4 Å². The van der Waals surface area contributed by atoms with Crippen LogP contribution in [0.3, 0.4) is 0 Å². The third-order valence-corrected chi connectivity index (χ3v) is 2.05. The molecular formula is C11H10N2O. The summed E-state index contributed by atoms with van der Waals surface area (Å²) in [6.07, 6.45) is 3.42. The highest BCUT2D eigenvalue weighted by molar-refractivity contribution is 6.00. The van der Waals surface area contributed by atoms with Gasteiger partial charge in [-0.15, -0.1) is 0 Å². The standard InChI is InChI=1S/C11H10N2O/c1-12-7-8-4-5-10(14)11-9(8)3-2-6-13-11/h2-7,14H,1H3. The molecule has 2 rings (SSSR count). The Balaban J connectivity index is 2.81. The van der Waals surface area contributed by atoms with Gasteiger partial charge in [-0.1, -0.05) is 6.07 Å². The first-order chi connectivity index (χ1) is 6.83. The van der Waals surface area contributed by atoms with Gasteiger partial charge in [-0.05, 0) is 18.2 Å². The summed E-state index contributed by atoms with van der Waals surface area (Å²) in [7, 11) is 1.72. The molecule has 3 heteroatoms. The lowest BCUT2D eigenvalue weighted by molar-refractivity contribution is 0.480. The van der Waals surface area contributed by atoms with Crippen LogP contribution in [0, 0.1) is 0 Å². The molecular weight excluding hydrogens is 176 g/mol. The third kappa shape index (κ3) is 1.33. The van der Waals surface area contributed by atoms with Crippen molar-refractivity contribution in [2.75, 3.05) is 7.05 Å². The number of benzene rings is 1. The van der Waals surface area contributed by atoms with Crippen molar-refractivity contribution in [2.45, 2.75) is 0 Å². The highest BCUT2D eigenvalue weighted by Gasteiger charge is 2.03. The minimum atomic E-state index is 0.203. The molecule has 0 bridgehead atoms. The molecule has 1 N–H and O–H groups in total. The van der Waals surface area contributed by atoms with Gasteiger partial charge in [-0.25, -0.2) is 0 Å². The fourth-order valence-electron chi connectivity index (χ4n) is 1.43. The molecule has 3 nitrogen and oxygen atoms in total. The Morgan fingerprint density at radius 3 is 3.00 bits per heavy atom. The Morgan fingerprint density at radius 2 is 2.21 bits per heavy atom. The number of hydrogen-bond acceptors (Lipinski definition) is 3. The molecule has 0 amide bonds. The molecule has 0 aliphatic rings. The number of aromatic hydroxyl groups is 1. The molecule has 14 heavy (non-hydrogen) atoms. The maximum absolute atomic E-state index is 9.56. The van der Waals surface area contributed by atoms with Crippen LogP contribution < -0.4 is 0 Å². The summed E-state index contributed by atoms with van der Waals surface area (Å²) >= 11 is 0. The molecule has 0 saturated carbocycles. The average molecular weight is 186 g/mol. The minimum Gasteiger partial charge on any atom is -0.506 e. The zero-order chi connectivity index (χ0) is 9.97. The summed E-state index contributed by atoms with van der Waals surface area (Å²) in [5.74, 6) is 0.203. The van der Waals surface area contributed by atoms with Crippen LogP contribution in [0.25, 0.3) is 10.9 Å². The number of fused-ring (bicyclic) bond motifs is 1. The molecule has 0 fully saturated rings. The molecule has 0 radical (unpaired) electrons. The smallest absolute Gasteiger partial charge is 0.141 e. The molecule has 0 spiro atoms. The van der Waals surface area contributed by atoms with E-state index in [1.807, 2.05) is 18.2 Å². The second-order valence-corrected chi connectivity index (χ2v) is 2.96. The number of nitrogens with zero attached hydrogens (tertiary/aromatic N) is 2. The number of phenols is 1. The van der Waals surface area contributed by atoms with Crippen molar-refractivity contribution < 1.29 is 5.11 Å². The van der Waals surface area contributed by atoms with Crippen molar-refractivity contribution in [3.05, 3.63) is 36.0 Å². The first-order valence-electron chi connectivity index (χ1n) is 4.32. The average Bonchev–Trinajstić information content (AvgIpc) is 2.23. The van der Waals surface area contributed by atoms with Crippen molar-refractivity contribution in [1.82, 2.24) is 4.98 Å². The van der Waals surface area contributed by atoms with Crippen molar-refractivity contribution >= 4 is 17.1 Å². The first-order valence-corrected chi connectivity index (χ1v) is 4.32. The van der Waals surface area contributed by atoms with Gasteiger partial charge in [-0.2, -0.15) is 0 Å². The van der Waals surface area contributed by atoms with E-state index in [-0.39, 0.29) is 5.75 Å². The zero-order valence-corrected chi connectivity index (χ0v) is 7.81. The second-order valence-electron chi connectivity index (χ2n) is 2.96. The number of phenolic OH excluding ortho intramolecular Hbond substituents is 1. The largest absolute Gasteiger partial charge is 0.506 e. The third-order valence-electron chi connectivity index (χ3n) is 2.05. The minimum absolute atomic E-state index is 0.203. The van der Waals surface area contributed by atoms with E-state index >= 15 is 0 Å². The van der Waals surface area contributed by atoms with Crippen LogP contribution in [0.4, 0.5) is 0 Å². The van der Waals surface area contributed by atoms with Crippen LogP contribution in [-0.4, -0.2) is 23.4 Å². The fourth-order valence-corrected chi connectivity index (χ4v) is 1.43. The van der Waals surface area contributed by atoms with Gasteiger partial charge < -0.3 is 5.11 Å². The van der Waals surface area contributed by atoms with E-state index in [1.165, 1.54) is 0 Å². The fraction of sp³-hybridized carbons (Fsp3) is 0.0909. The van der Waals surface area contributed by atoms with E-state index in [1.54, 1.807) is 25.5 Å². The lowest BCUT2D eigenvalue weighted by atomic mass is 10.1. The summed E-state index contributed by atoms with van der Waals surface area (Å²) < 4.78 is 0. The summed E-state index contributed by atoms with van der Waals surface area (Å²) in [4.78, 5) is 8.06. The van der Waals surface area contributed by atoms with Gasteiger partial charge in [0.05, 0.1) is 0 Å². The molecule has 0 saturated heterocycles. The lowest BCUT2D eigenvalue weighted by Crippen LogP contribution is -1.86. The van der Waals surface area contributed by atoms with Crippen LogP contribution in [0.2, 0.25) is 0 Å². The normalized spacial score (nSPS) is 11.2. The summed E-state index contributed by atoms with van der Waals surface area (Å²) in [6.45, 7) is 0. The summed E-state index contributed by atoms with van der Waals surface area (Å²) in [5, 5.41) is 10.5. The van der Waals surface area contributed by atoms with E-state index in [0.717, 1.165) is 10.9 Å². The predicted octanol–water partition coefficient (Wildman–Crippen LogP) is 1.99. The van der Waals surface area contributed by atoms with Crippen LogP contribution in [0.15, 0.2) is 35.5 Å². The molecule has 0 atom stereocenters. The van der Waals surface area contributed by atoms with Crippen molar-refractivity contribution in [1.29, 1.82) is 0 Å². The van der Waals surface area contributed by atoms with Gasteiger partial charge >= 0.3 is 0 Å². The highest BCUT2D eigenvalue weighted by atomic mass is 16.3. The molecule has 1 aromatic heterocycles. The van der Waals surface area contributed by atoms with Crippen molar-refractivity contribution in [2.24, 2.45) is 4.99 Å². The Morgan fingerprint density at radius 1 is 1.36 bits per heavy atom. The van der Waals surface area contributed by atoms with E-state index in [2.05, 4.69) is 9.98 Å². The van der Waals surface area contributed by atoms with Crippen molar-refractivity contribution in [3.8, 4) is 5.75 Å². The second kappa shape index (κ2) is 3.46. The van der Waals surface area contributed by atoms with Crippen LogP contribution >= 0.6 is 0 Å². The first kappa shape index (κ1) is 8.69. The molecule has 0 aliphatic heterocycles. The van der Waals surface area contributed by atoms with E-state index < -0.39 is 0 Å². The Bertz CT molecular complexity index is 492. The van der Waals surface area contributed by atoms with Crippen LogP contribution in [0.5, 0.6) is 5.75 Å². The number of hydrogen-bond donors (Lipinski definition) is 1. The highest BCUT2D eigenvalue weighted by Crippen LogP contribution is 2.24. The lowest BCUT2D eigenvalue weighted by Gasteiger charge is -2.02. The van der Waals surface area contributed by atoms with Gasteiger partial charge in [0.1, 0.15) is 11.3 Å². The summed E-state index contributed by atoms with van der Waals surface area (Å²) in [5.41, 5.74) is 1.58. The monoisotopic (exact) mass is 186 g/mol. The Kier molecular flexibility index (Phi) is 2.14. The number of aliphatic imine (C=N–C) groups is 1. The molecule has 2 aromatic rings. The van der Waals surface area contributed by atoms with Crippen molar-refractivity contribution in [3.63, 3.8) is 0 Å². The van der Waals surface area contributed by atoms with Gasteiger partial charge in [-0.3, -0.25) is 9.98 Å². The predicted molar refractivity (Wildman–Crippen MR) is 56.9 cm³/mol. The molecule has 0 unspecified atom stereocenters. The molecule has 1 aromatic carbocycles. The molecule has 1 heterocycles. The SMILES string of the molecule is CN=Cc1ccc(O)c2ncccc12. The Hall–Kier alpha value is -1.90. The number of pyridine rings is 1. The zero-order valence-electron chi connectivity index (χ0n) is 7.81. The Labute approximate surface area is 81.8 Å².